The van der Waals surface area contributed by atoms with Crippen LogP contribution in [0.2, 0.25) is 0 Å². The minimum atomic E-state index is -3.39. The van der Waals surface area contributed by atoms with Crippen LogP contribution in [0.5, 0.6) is 0 Å². The zero-order valence-corrected chi connectivity index (χ0v) is 12.0. The van der Waals surface area contributed by atoms with Gasteiger partial charge in [-0.15, -0.1) is 0 Å². The highest BCUT2D eigenvalue weighted by Crippen LogP contribution is 2.15. The molecule has 18 heavy (non-hydrogen) atoms. The number of ether oxygens (including phenoxy) is 1. The van der Waals surface area contributed by atoms with Crippen LogP contribution in [0.3, 0.4) is 0 Å². The molecule has 0 aliphatic carbocycles. The van der Waals surface area contributed by atoms with Gasteiger partial charge in [-0.2, -0.15) is 4.31 Å². The van der Waals surface area contributed by atoms with E-state index in [2.05, 4.69) is 6.92 Å². The van der Waals surface area contributed by atoms with Crippen LogP contribution in [0, 0.1) is 0 Å². The van der Waals surface area contributed by atoms with Crippen LogP contribution in [0.1, 0.15) is 18.9 Å². The quantitative estimate of drug-likeness (QED) is 0.761. The van der Waals surface area contributed by atoms with Crippen LogP contribution in [-0.4, -0.2) is 40.0 Å². The standard InChI is InChI=1S/C13H21NO3S/c1-4-5-12-6-8-13(9-7-12)18(15,16)14(2)10-11-17-3/h6-9H,4-5,10-11H2,1-3H3. The summed E-state index contributed by atoms with van der Waals surface area (Å²) in [5, 5.41) is 0. The summed E-state index contributed by atoms with van der Waals surface area (Å²) in [6, 6.07) is 7.09. The van der Waals surface area contributed by atoms with Gasteiger partial charge in [-0.3, -0.25) is 0 Å². The van der Waals surface area contributed by atoms with E-state index in [1.165, 1.54) is 4.31 Å². The molecule has 0 bridgehead atoms. The SMILES string of the molecule is CCCc1ccc(S(=O)(=O)N(C)CCOC)cc1. The lowest BCUT2D eigenvalue weighted by Gasteiger charge is -2.16. The molecule has 0 aliphatic rings. The average Bonchev–Trinajstić information content (AvgIpc) is 2.37. The molecule has 0 aliphatic heterocycles. The van der Waals surface area contributed by atoms with E-state index in [4.69, 9.17) is 4.74 Å². The van der Waals surface area contributed by atoms with Crippen LogP contribution in [0.15, 0.2) is 29.2 Å². The molecule has 1 rings (SSSR count). The van der Waals surface area contributed by atoms with E-state index in [0.717, 1.165) is 18.4 Å². The third-order valence-electron chi connectivity index (χ3n) is 2.78. The fourth-order valence-electron chi connectivity index (χ4n) is 1.64. The molecule has 0 saturated carbocycles. The van der Waals surface area contributed by atoms with E-state index in [-0.39, 0.29) is 0 Å². The maximum atomic E-state index is 12.2. The highest BCUT2D eigenvalue weighted by Gasteiger charge is 2.19. The molecule has 4 nitrogen and oxygen atoms in total. The maximum Gasteiger partial charge on any atom is 0.242 e. The second-order valence-electron chi connectivity index (χ2n) is 4.21. The lowest BCUT2D eigenvalue weighted by atomic mass is 10.1. The molecule has 0 N–H and O–H groups in total. The molecule has 102 valence electrons. The Morgan fingerprint density at radius 3 is 2.33 bits per heavy atom. The fourth-order valence-corrected chi connectivity index (χ4v) is 2.79. The van der Waals surface area contributed by atoms with Gasteiger partial charge in [0.15, 0.2) is 0 Å². The molecule has 0 heterocycles. The van der Waals surface area contributed by atoms with E-state index in [1.807, 2.05) is 12.1 Å². The van der Waals surface area contributed by atoms with Gasteiger partial charge in [0.25, 0.3) is 0 Å². The summed E-state index contributed by atoms with van der Waals surface area (Å²) < 4.78 is 30.6. The van der Waals surface area contributed by atoms with Crippen molar-refractivity contribution in [1.29, 1.82) is 0 Å². The monoisotopic (exact) mass is 271 g/mol. The number of hydrogen-bond donors (Lipinski definition) is 0. The molecule has 0 aromatic heterocycles. The lowest BCUT2D eigenvalue weighted by molar-refractivity contribution is 0.185. The highest BCUT2D eigenvalue weighted by atomic mass is 32.2. The molecule has 0 atom stereocenters. The number of methoxy groups -OCH3 is 1. The second kappa shape index (κ2) is 6.87. The third-order valence-corrected chi connectivity index (χ3v) is 4.65. The van der Waals surface area contributed by atoms with Crippen molar-refractivity contribution in [2.75, 3.05) is 27.3 Å². The predicted molar refractivity (Wildman–Crippen MR) is 72.1 cm³/mol. The Kier molecular flexibility index (Phi) is 5.78. The van der Waals surface area contributed by atoms with Crippen molar-refractivity contribution in [3.8, 4) is 0 Å². The van der Waals surface area contributed by atoms with Gasteiger partial charge in [-0.1, -0.05) is 25.5 Å². The number of benzene rings is 1. The van der Waals surface area contributed by atoms with Crippen molar-refractivity contribution in [2.24, 2.45) is 0 Å². The molecular formula is C13H21NO3S. The first kappa shape index (κ1) is 15.1. The van der Waals surface area contributed by atoms with Crippen molar-refractivity contribution < 1.29 is 13.2 Å². The molecular weight excluding hydrogens is 250 g/mol. The predicted octanol–water partition coefficient (Wildman–Crippen LogP) is 1.91. The first-order chi connectivity index (χ1) is 8.52. The van der Waals surface area contributed by atoms with Gasteiger partial charge >= 0.3 is 0 Å². The van der Waals surface area contributed by atoms with Crippen molar-refractivity contribution in [1.82, 2.24) is 4.31 Å². The van der Waals surface area contributed by atoms with Gasteiger partial charge in [0.1, 0.15) is 0 Å². The zero-order chi connectivity index (χ0) is 13.6. The fraction of sp³-hybridized carbons (Fsp3) is 0.538. The molecule has 0 spiro atoms. The van der Waals surface area contributed by atoms with Gasteiger partial charge in [0.2, 0.25) is 10.0 Å². The Hall–Kier alpha value is -0.910. The van der Waals surface area contributed by atoms with Gasteiger partial charge in [-0.25, -0.2) is 8.42 Å². The second-order valence-corrected chi connectivity index (χ2v) is 6.26. The Bertz CT molecular complexity index is 454. The molecule has 0 fully saturated rings. The van der Waals surface area contributed by atoms with E-state index < -0.39 is 10.0 Å². The lowest BCUT2D eigenvalue weighted by Crippen LogP contribution is -2.30. The smallest absolute Gasteiger partial charge is 0.242 e. The Labute approximate surface area is 110 Å². The minimum absolute atomic E-state index is 0.334. The highest BCUT2D eigenvalue weighted by molar-refractivity contribution is 7.89. The number of sulfonamides is 1. The Morgan fingerprint density at radius 2 is 1.83 bits per heavy atom. The van der Waals surface area contributed by atoms with E-state index in [0.29, 0.717) is 18.0 Å². The molecule has 5 heteroatoms. The first-order valence-corrected chi connectivity index (χ1v) is 7.50. The molecule has 0 saturated heterocycles. The van der Waals surface area contributed by atoms with E-state index in [1.54, 1.807) is 26.3 Å². The van der Waals surface area contributed by atoms with Crippen LogP contribution in [0.4, 0.5) is 0 Å². The first-order valence-electron chi connectivity index (χ1n) is 6.06. The third kappa shape index (κ3) is 3.80. The number of hydrogen-bond acceptors (Lipinski definition) is 3. The molecule has 0 amide bonds. The Balaban J connectivity index is 2.84. The summed E-state index contributed by atoms with van der Waals surface area (Å²) in [7, 11) is -0.270. The van der Waals surface area contributed by atoms with Gasteiger partial charge in [0.05, 0.1) is 11.5 Å². The maximum absolute atomic E-state index is 12.2. The number of rotatable bonds is 7. The van der Waals surface area contributed by atoms with Crippen molar-refractivity contribution in [3.63, 3.8) is 0 Å². The van der Waals surface area contributed by atoms with Gasteiger partial charge < -0.3 is 4.74 Å². The van der Waals surface area contributed by atoms with Crippen LogP contribution in [0.25, 0.3) is 0 Å². The van der Waals surface area contributed by atoms with Crippen LogP contribution in [-0.2, 0) is 21.2 Å². The van der Waals surface area contributed by atoms with Crippen molar-refractivity contribution >= 4 is 10.0 Å². The van der Waals surface area contributed by atoms with Crippen LogP contribution < -0.4 is 0 Å². The summed E-state index contributed by atoms with van der Waals surface area (Å²) in [6.07, 6.45) is 2.03. The topological polar surface area (TPSA) is 46.6 Å². The van der Waals surface area contributed by atoms with Gasteiger partial charge in [-0.05, 0) is 24.1 Å². The average molecular weight is 271 g/mol. The zero-order valence-electron chi connectivity index (χ0n) is 11.2. The number of aryl methyl sites for hydroxylation is 1. The number of nitrogens with zero attached hydrogens (tertiary/aromatic N) is 1. The summed E-state index contributed by atoms with van der Waals surface area (Å²) in [5.41, 5.74) is 1.16. The van der Waals surface area contributed by atoms with Crippen molar-refractivity contribution in [3.05, 3.63) is 29.8 Å². The number of likely N-dealkylation sites (N-methyl/N-ethyl adjacent to an activating group) is 1. The van der Waals surface area contributed by atoms with Crippen LogP contribution >= 0.6 is 0 Å². The Morgan fingerprint density at radius 1 is 1.22 bits per heavy atom. The summed E-state index contributed by atoms with van der Waals surface area (Å²) in [4.78, 5) is 0.334. The normalized spacial score (nSPS) is 12.0. The van der Waals surface area contributed by atoms with E-state index in [9.17, 15) is 8.42 Å². The molecule has 0 unspecified atom stereocenters. The molecule has 0 radical (unpaired) electrons. The molecule has 1 aromatic carbocycles. The van der Waals surface area contributed by atoms with Crippen molar-refractivity contribution in [2.45, 2.75) is 24.7 Å². The minimum Gasteiger partial charge on any atom is -0.383 e. The molecule has 1 aromatic rings. The summed E-state index contributed by atoms with van der Waals surface area (Å²) >= 11 is 0. The summed E-state index contributed by atoms with van der Waals surface area (Å²) in [5.74, 6) is 0. The van der Waals surface area contributed by atoms with Gasteiger partial charge in [0, 0.05) is 20.7 Å². The summed E-state index contributed by atoms with van der Waals surface area (Å²) in [6.45, 7) is 2.85. The van der Waals surface area contributed by atoms with E-state index >= 15 is 0 Å². The largest absolute Gasteiger partial charge is 0.383 e.